The third kappa shape index (κ3) is 4.38. The van der Waals surface area contributed by atoms with Crippen LogP contribution in [-0.2, 0) is 14.3 Å². The second kappa shape index (κ2) is 8.48. The number of carbonyl (C=O) groups is 1. The molecule has 0 saturated carbocycles. The summed E-state index contributed by atoms with van der Waals surface area (Å²) >= 11 is 0. The number of aromatic nitrogens is 1. The summed E-state index contributed by atoms with van der Waals surface area (Å²) in [5.41, 5.74) is 8.84. The van der Waals surface area contributed by atoms with E-state index in [0.29, 0.717) is 17.2 Å². The molecule has 0 bridgehead atoms. The molecular weight excluding hydrogens is 366 g/mol. The highest BCUT2D eigenvalue weighted by atomic mass is 16.5. The van der Waals surface area contributed by atoms with Crippen molar-refractivity contribution in [2.45, 2.75) is 18.9 Å². The van der Waals surface area contributed by atoms with E-state index in [1.807, 2.05) is 48.6 Å². The van der Waals surface area contributed by atoms with Gasteiger partial charge in [0.15, 0.2) is 11.5 Å². The molecule has 1 aromatic heterocycles. The van der Waals surface area contributed by atoms with Crippen molar-refractivity contribution in [3.63, 3.8) is 0 Å². The highest BCUT2D eigenvalue weighted by molar-refractivity contribution is 5.84. The lowest BCUT2D eigenvalue weighted by Crippen LogP contribution is -2.27. The summed E-state index contributed by atoms with van der Waals surface area (Å²) in [4.78, 5) is 16.2. The summed E-state index contributed by atoms with van der Waals surface area (Å²) in [7, 11) is 0. The molecule has 2 aromatic rings. The highest BCUT2D eigenvalue weighted by Crippen LogP contribution is 2.31. The van der Waals surface area contributed by atoms with E-state index in [9.17, 15) is 4.79 Å². The summed E-state index contributed by atoms with van der Waals surface area (Å²) in [6.45, 7) is 0. The molecule has 0 saturated heterocycles. The minimum absolute atomic E-state index is 0.472. The molecule has 1 aromatic carbocycles. The van der Waals surface area contributed by atoms with Crippen molar-refractivity contribution in [1.82, 2.24) is 4.98 Å². The van der Waals surface area contributed by atoms with Gasteiger partial charge in [-0.2, -0.15) is 0 Å². The zero-order valence-corrected chi connectivity index (χ0v) is 15.7. The average molecular weight is 387 g/mol. The number of pyridine rings is 1. The molecule has 146 valence electrons. The SMILES string of the molecule is NC(=O)C(Nc1cncc(C2=COC=C(C3=CC=CCC3)O2)c1)c1ccccc1. The van der Waals surface area contributed by atoms with E-state index < -0.39 is 11.9 Å². The first-order valence-electron chi connectivity index (χ1n) is 9.36. The van der Waals surface area contributed by atoms with Crippen LogP contribution < -0.4 is 11.1 Å². The van der Waals surface area contributed by atoms with E-state index in [2.05, 4.69) is 16.4 Å². The fourth-order valence-corrected chi connectivity index (χ4v) is 3.18. The van der Waals surface area contributed by atoms with Crippen LogP contribution in [-0.4, -0.2) is 10.9 Å². The lowest BCUT2D eigenvalue weighted by atomic mass is 10.0. The van der Waals surface area contributed by atoms with E-state index in [1.165, 1.54) is 6.26 Å². The van der Waals surface area contributed by atoms with Gasteiger partial charge < -0.3 is 20.5 Å². The predicted octanol–water partition coefficient (Wildman–Crippen LogP) is 4.18. The van der Waals surface area contributed by atoms with Crippen LogP contribution in [0, 0.1) is 0 Å². The Bertz CT molecular complexity index is 1020. The van der Waals surface area contributed by atoms with Crippen molar-refractivity contribution in [2.24, 2.45) is 5.73 Å². The summed E-state index contributed by atoms with van der Waals surface area (Å²) < 4.78 is 11.5. The summed E-state index contributed by atoms with van der Waals surface area (Å²) in [6, 6.07) is 10.5. The molecule has 6 nitrogen and oxygen atoms in total. The predicted molar refractivity (Wildman–Crippen MR) is 111 cm³/mol. The van der Waals surface area contributed by atoms with Crippen LogP contribution in [0.15, 0.2) is 90.9 Å². The maximum Gasteiger partial charge on any atom is 0.244 e. The number of nitrogens with one attached hydrogen (secondary N) is 1. The lowest BCUT2D eigenvalue weighted by molar-refractivity contribution is -0.118. The second-order valence-electron chi connectivity index (χ2n) is 6.71. The molecule has 1 amide bonds. The van der Waals surface area contributed by atoms with Gasteiger partial charge in [-0.3, -0.25) is 9.78 Å². The number of primary amides is 1. The first-order chi connectivity index (χ1) is 14.2. The number of allylic oxidation sites excluding steroid dienone is 4. The van der Waals surface area contributed by atoms with Gasteiger partial charge in [0, 0.05) is 11.8 Å². The molecule has 1 aliphatic heterocycles. The molecule has 4 rings (SSSR count). The average Bonchev–Trinajstić information content (AvgIpc) is 2.79. The zero-order valence-electron chi connectivity index (χ0n) is 15.7. The van der Waals surface area contributed by atoms with Crippen LogP contribution in [0.4, 0.5) is 5.69 Å². The van der Waals surface area contributed by atoms with Crippen LogP contribution in [0.5, 0.6) is 0 Å². The molecule has 1 aliphatic carbocycles. The Kier molecular flexibility index (Phi) is 5.42. The van der Waals surface area contributed by atoms with E-state index in [4.69, 9.17) is 15.2 Å². The maximum absolute atomic E-state index is 12.0. The number of anilines is 1. The number of benzene rings is 1. The number of nitrogens with zero attached hydrogens (tertiary/aromatic N) is 1. The standard InChI is InChI=1S/C23H21N3O3/c24-23(27)22(17-9-5-2-6-10-17)26-19-11-18(12-25-13-19)21-15-28-14-20(29-21)16-7-3-1-4-8-16/h1-3,5-7,9-15,22,26H,4,8H2,(H2,24,27). The molecule has 0 spiro atoms. The van der Waals surface area contributed by atoms with E-state index in [-0.39, 0.29) is 0 Å². The van der Waals surface area contributed by atoms with Gasteiger partial charge in [0.05, 0.1) is 11.9 Å². The third-order valence-electron chi connectivity index (χ3n) is 4.65. The largest absolute Gasteiger partial charge is 0.465 e. The smallest absolute Gasteiger partial charge is 0.244 e. The quantitative estimate of drug-likeness (QED) is 0.776. The topological polar surface area (TPSA) is 86.5 Å². The van der Waals surface area contributed by atoms with Crippen LogP contribution in [0.25, 0.3) is 5.76 Å². The number of nitrogens with two attached hydrogens (primary N) is 1. The molecular formula is C23H21N3O3. The minimum atomic E-state index is -0.666. The van der Waals surface area contributed by atoms with Crippen LogP contribution >= 0.6 is 0 Å². The number of amides is 1. The Labute approximate surface area is 169 Å². The van der Waals surface area contributed by atoms with Gasteiger partial charge in [0.25, 0.3) is 0 Å². The Morgan fingerprint density at radius 3 is 2.72 bits per heavy atom. The molecule has 29 heavy (non-hydrogen) atoms. The molecule has 1 unspecified atom stereocenters. The van der Waals surface area contributed by atoms with Crippen LogP contribution in [0.2, 0.25) is 0 Å². The summed E-state index contributed by atoms with van der Waals surface area (Å²) in [5, 5.41) is 3.15. The fraction of sp³-hybridized carbons (Fsp3) is 0.130. The van der Waals surface area contributed by atoms with E-state index in [1.54, 1.807) is 18.7 Å². The monoisotopic (exact) mass is 387 g/mol. The van der Waals surface area contributed by atoms with Crippen molar-refractivity contribution in [3.05, 3.63) is 102 Å². The number of carbonyl (C=O) groups excluding carboxylic acids is 1. The Hall–Kier alpha value is -3.80. The highest BCUT2D eigenvalue weighted by Gasteiger charge is 2.20. The van der Waals surface area contributed by atoms with Crippen molar-refractivity contribution < 1.29 is 14.3 Å². The van der Waals surface area contributed by atoms with Gasteiger partial charge in [-0.25, -0.2) is 0 Å². The fourth-order valence-electron chi connectivity index (χ4n) is 3.18. The molecule has 3 N–H and O–H groups in total. The Morgan fingerprint density at radius 2 is 1.97 bits per heavy atom. The Balaban J connectivity index is 1.53. The minimum Gasteiger partial charge on any atom is -0.465 e. The molecule has 2 aliphatic rings. The van der Waals surface area contributed by atoms with E-state index >= 15 is 0 Å². The van der Waals surface area contributed by atoms with Crippen molar-refractivity contribution in [1.29, 1.82) is 0 Å². The van der Waals surface area contributed by atoms with Gasteiger partial charge >= 0.3 is 0 Å². The van der Waals surface area contributed by atoms with Gasteiger partial charge in [-0.15, -0.1) is 0 Å². The van der Waals surface area contributed by atoms with Crippen LogP contribution in [0.3, 0.4) is 0 Å². The molecule has 1 atom stereocenters. The van der Waals surface area contributed by atoms with Crippen molar-refractivity contribution in [3.8, 4) is 0 Å². The van der Waals surface area contributed by atoms with Gasteiger partial charge in [0.1, 0.15) is 18.6 Å². The van der Waals surface area contributed by atoms with Crippen LogP contribution in [0.1, 0.15) is 30.0 Å². The first-order valence-corrected chi connectivity index (χ1v) is 9.36. The molecule has 6 heteroatoms. The van der Waals surface area contributed by atoms with Gasteiger partial charge in [-0.05, 0) is 30.0 Å². The normalized spacial score (nSPS) is 16.5. The summed E-state index contributed by atoms with van der Waals surface area (Å²) in [6.07, 6.45) is 14.5. The van der Waals surface area contributed by atoms with Crippen molar-refractivity contribution in [2.75, 3.05) is 5.32 Å². The Morgan fingerprint density at radius 1 is 1.14 bits per heavy atom. The lowest BCUT2D eigenvalue weighted by Gasteiger charge is -2.20. The zero-order chi connectivity index (χ0) is 20.1. The number of ether oxygens (including phenoxy) is 2. The number of hydrogen-bond donors (Lipinski definition) is 2. The van der Waals surface area contributed by atoms with Gasteiger partial charge in [-0.1, -0.05) is 48.6 Å². The maximum atomic E-state index is 12.0. The van der Waals surface area contributed by atoms with E-state index in [0.717, 1.165) is 29.5 Å². The van der Waals surface area contributed by atoms with Gasteiger partial charge in [0.2, 0.25) is 5.91 Å². The number of hydrogen-bond acceptors (Lipinski definition) is 5. The molecule has 0 fully saturated rings. The summed E-state index contributed by atoms with van der Waals surface area (Å²) in [5.74, 6) is 0.759. The first kappa shape index (κ1) is 18.6. The molecule has 2 heterocycles. The van der Waals surface area contributed by atoms with Crippen molar-refractivity contribution >= 4 is 17.4 Å². The second-order valence-corrected chi connectivity index (χ2v) is 6.71. The molecule has 0 radical (unpaired) electrons. The third-order valence-corrected chi connectivity index (χ3v) is 4.65. The number of rotatable bonds is 6.